The van der Waals surface area contributed by atoms with Gasteiger partial charge in [0.05, 0.1) is 16.5 Å². The number of aromatic carboxylic acids is 1. The van der Waals surface area contributed by atoms with Crippen LogP contribution < -0.4 is 15.4 Å². The summed E-state index contributed by atoms with van der Waals surface area (Å²) in [6.07, 6.45) is 0.664. The van der Waals surface area contributed by atoms with Crippen LogP contribution in [-0.2, 0) is 21.2 Å². The average molecular weight is 494 g/mol. The number of carbonyl (C=O) groups excluding carboxylic acids is 1. The Hall–Kier alpha value is -3.85. The first kappa shape index (κ1) is 24.3. The van der Waals surface area contributed by atoms with E-state index in [1.54, 1.807) is 36.4 Å². The van der Waals surface area contributed by atoms with Crippen molar-refractivity contribution in [2.75, 3.05) is 15.4 Å². The molecule has 4 N–H and O–H groups in total. The van der Waals surface area contributed by atoms with Gasteiger partial charge in [-0.25, -0.2) is 13.2 Å². The lowest BCUT2D eigenvalue weighted by molar-refractivity contribution is -0.114. The highest BCUT2D eigenvalue weighted by Crippen LogP contribution is 2.45. The number of carbonyl (C=O) groups is 2. The fraction of sp³-hybridized carbons (Fsp3) is 0.231. The maximum absolute atomic E-state index is 12.9. The summed E-state index contributed by atoms with van der Waals surface area (Å²) in [5.74, 6) is -1.20. The van der Waals surface area contributed by atoms with Gasteiger partial charge in [-0.3, -0.25) is 9.52 Å². The Labute approximate surface area is 204 Å². The van der Waals surface area contributed by atoms with Gasteiger partial charge in [0.25, 0.3) is 10.0 Å². The fourth-order valence-electron chi connectivity index (χ4n) is 4.41. The number of nitrogens with one attached hydrogen (secondary N) is 3. The van der Waals surface area contributed by atoms with E-state index in [0.717, 1.165) is 16.8 Å². The van der Waals surface area contributed by atoms with E-state index >= 15 is 0 Å². The van der Waals surface area contributed by atoms with Crippen molar-refractivity contribution in [2.24, 2.45) is 5.41 Å². The first-order valence-corrected chi connectivity index (χ1v) is 12.6. The van der Waals surface area contributed by atoms with Crippen LogP contribution in [0.3, 0.4) is 0 Å². The molecule has 0 saturated heterocycles. The van der Waals surface area contributed by atoms with Crippen LogP contribution in [0, 0.1) is 5.41 Å². The minimum atomic E-state index is -3.84. The van der Waals surface area contributed by atoms with Gasteiger partial charge >= 0.3 is 5.97 Å². The number of carboxylic acid groups (broad SMARTS) is 1. The van der Waals surface area contributed by atoms with Crippen molar-refractivity contribution in [1.82, 2.24) is 0 Å². The second-order valence-electron chi connectivity index (χ2n) is 9.36. The molecule has 3 aromatic rings. The van der Waals surface area contributed by atoms with Crippen molar-refractivity contribution >= 4 is 39.0 Å². The number of benzene rings is 3. The van der Waals surface area contributed by atoms with Crippen molar-refractivity contribution < 1.29 is 23.1 Å². The van der Waals surface area contributed by atoms with Crippen molar-refractivity contribution in [3.05, 3.63) is 83.4 Å². The molecule has 1 amide bonds. The van der Waals surface area contributed by atoms with E-state index in [1.165, 1.54) is 31.2 Å². The zero-order valence-electron chi connectivity index (χ0n) is 19.6. The smallest absolute Gasteiger partial charge is 0.335 e. The molecule has 1 aliphatic heterocycles. The molecule has 0 radical (unpaired) electrons. The van der Waals surface area contributed by atoms with Crippen LogP contribution >= 0.6 is 0 Å². The van der Waals surface area contributed by atoms with Crippen LogP contribution in [0.2, 0.25) is 0 Å². The third kappa shape index (κ3) is 5.30. The number of hydrogen-bond donors (Lipinski definition) is 4. The summed E-state index contributed by atoms with van der Waals surface area (Å²) in [6, 6.07) is 18.1. The monoisotopic (exact) mass is 493 g/mol. The number of fused-ring (bicyclic) bond motifs is 1. The largest absolute Gasteiger partial charge is 0.478 e. The molecule has 0 saturated carbocycles. The van der Waals surface area contributed by atoms with Crippen LogP contribution in [0.15, 0.2) is 71.6 Å². The first-order chi connectivity index (χ1) is 16.4. The quantitative estimate of drug-likeness (QED) is 0.388. The molecule has 3 aromatic carbocycles. The molecule has 9 heteroatoms. The molecule has 182 valence electrons. The van der Waals surface area contributed by atoms with E-state index in [2.05, 4.69) is 29.2 Å². The molecule has 0 bridgehead atoms. The first-order valence-electron chi connectivity index (χ1n) is 11.1. The van der Waals surface area contributed by atoms with E-state index in [1.807, 2.05) is 6.07 Å². The predicted molar refractivity (Wildman–Crippen MR) is 135 cm³/mol. The Balaban J connectivity index is 1.58. The molecule has 0 aromatic heterocycles. The maximum atomic E-state index is 12.9. The predicted octanol–water partition coefficient (Wildman–Crippen LogP) is 4.88. The van der Waals surface area contributed by atoms with Crippen LogP contribution in [0.1, 0.15) is 48.3 Å². The molecule has 1 aliphatic rings. The molecular formula is C26H27N3O5S. The number of amides is 1. The second kappa shape index (κ2) is 9.07. The van der Waals surface area contributed by atoms with E-state index in [0.29, 0.717) is 17.8 Å². The molecule has 0 spiro atoms. The standard InChI is InChI=1S/C26H27N3O5S/c1-16(30)27-20-8-10-22(11-9-20)35(33,34)29-21-6-4-5-17(14-21)24-26(2,3)15-19-13-18(25(31)32)7-12-23(19)28-24/h4-14,24,28-29H,15H2,1-3H3,(H,27,30)(H,31,32). The molecule has 4 rings (SSSR count). The van der Waals surface area contributed by atoms with Crippen molar-refractivity contribution in [3.63, 3.8) is 0 Å². The van der Waals surface area contributed by atoms with Crippen molar-refractivity contribution in [2.45, 2.75) is 38.1 Å². The Kier molecular flexibility index (Phi) is 6.29. The van der Waals surface area contributed by atoms with Gasteiger partial charge in [0.15, 0.2) is 0 Å². The number of anilines is 3. The van der Waals surface area contributed by atoms with Crippen molar-refractivity contribution in [3.8, 4) is 0 Å². The highest BCUT2D eigenvalue weighted by molar-refractivity contribution is 7.92. The van der Waals surface area contributed by atoms with Crippen LogP contribution in [0.25, 0.3) is 0 Å². The minimum Gasteiger partial charge on any atom is -0.478 e. The van der Waals surface area contributed by atoms with Gasteiger partial charge < -0.3 is 15.7 Å². The van der Waals surface area contributed by atoms with Crippen LogP contribution in [0.5, 0.6) is 0 Å². The Bertz CT molecular complexity index is 1400. The highest BCUT2D eigenvalue weighted by Gasteiger charge is 2.36. The highest BCUT2D eigenvalue weighted by atomic mass is 32.2. The summed E-state index contributed by atoms with van der Waals surface area (Å²) in [6.45, 7) is 5.57. The molecule has 1 unspecified atom stereocenters. The molecule has 0 aliphatic carbocycles. The fourth-order valence-corrected chi connectivity index (χ4v) is 5.46. The minimum absolute atomic E-state index is 0.0799. The van der Waals surface area contributed by atoms with Crippen molar-refractivity contribution in [1.29, 1.82) is 0 Å². The topological polar surface area (TPSA) is 125 Å². The van der Waals surface area contributed by atoms with Gasteiger partial charge in [0, 0.05) is 24.0 Å². The zero-order valence-corrected chi connectivity index (χ0v) is 20.4. The third-order valence-corrected chi connectivity index (χ3v) is 7.43. The Morgan fingerprint density at radius 2 is 1.71 bits per heavy atom. The lowest BCUT2D eigenvalue weighted by Crippen LogP contribution is -2.35. The summed E-state index contributed by atoms with van der Waals surface area (Å²) >= 11 is 0. The summed E-state index contributed by atoms with van der Waals surface area (Å²) in [7, 11) is -3.84. The average Bonchev–Trinajstić information content (AvgIpc) is 2.77. The van der Waals surface area contributed by atoms with Gasteiger partial charge in [-0.15, -0.1) is 0 Å². The Morgan fingerprint density at radius 3 is 2.37 bits per heavy atom. The molecule has 35 heavy (non-hydrogen) atoms. The van der Waals surface area contributed by atoms with E-state index in [4.69, 9.17) is 0 Å². The summed E-state index contributed by atoms with van der Waals surface area (Å²) < 4.78 is 28.5. The zero-order chi connectivity index (χ0) is 25.4. The normalized spacial score (nSPS) is 16.5. The molecule has 1 atom stereocenters. The van der Waals surface area contributed by atoms with Gasteiger partial charge in [0.2, 0.25) is 5.91 Å². The van der Waals surface area contributed by atoms with Gasteiger partial charge in [0.1, 0.15) is 0 Å². The van der Waals surface area contributed by atoms with Crippen LogP contribution in [-0.4, -0.2) is 25.4 Å². The Morgan fingerprint density at radius 1 is 1.00 bits per heavy atom. The van der Waals surface area contributed by atoms with E-state index < -0.39 is 16.0 Å². The summed E-state index contributed by atoms with van der Waals surface area (Å²) in [5.41, 5.74) is 3.64. The molecular weight excluding hydrogens is 466 g/mol. The number of hydrogen-bond acceptors (Lipinski definition) is 5. The lowest BCUT2D eigenvalue weighted by Gasteiger charge is -2.41. The molecule has 8 nitrogen and oxygen atoms in total. The van der Waals surface area contributed by atoms with Crippen LogP contribution in [0.4, 0.5) is 17.1 Å². The number of sulfonamides is 1. The molecule has 1 heterocycles. The summed E-state index contributed by atoms with van der Waals surface area (Å²) in [4.78, 5) is 22.6. The maximum Gasteiger partial charge on any atom is 0.335 e. The SMILES string of the molecule is CC(=O)Nc1ccc(S(=O)(=O)Nc2cccc(C3Nc4ccc(C(=O)O)cc4CC3(C)C)c2)cc1. The lowest BCUT2D eigenvalue weighted by atomic mass is 9.72. The third-order valence-electron chi connectivity index (χ3n) is 6.04. The molecule has 0 fully saturated rings. The second-order valence-corrected chi connectivity index (χ2v) is 11.0. The van der Waals surface area contributed by atoms with E-state index in [-0.39, 0.29) is 27.8 Å². The van der Waals surface area contributed by atoms with Gasteiger partial charge in [-0.2, -0.15) is 0 Å². The van der Waals surface area contributed by atoms with Gasteiger partial charge in [-0.05, 0) is 77.6 Å². The van der Waals surface area contributed by atoms with Gasteiger partial charge in [-0.1, -0.05) is 26.0 Å². The van der Waals surface area contributed by atoms with E-state index in [9.17, 15) is 23.1 Å². The number of rotatable bonds is 6. The summed E-state index contributed by atoms with van der Waals surface area (Å²) in [5, 5.41) is 15.4. The number of carboxylic acids is 1.